The molecule has 0 radical (unpaired) electrons. The number of thiazole rings is 1. The molecule has 2 aliphatic rings. The predicted molar refractivity (Wildman–Crippen MR) is 137 cm³/mol. The molecule has 5 rings (SSSR count). The third-order valence-corrected chi connectivity index (χ3v) is 7.23. The summed E-state index contributed by atoms with van der Waals surface area (Å²) in [4.78, 5) is 45.0. The standard InChI is InChI=1S/C26H22ClN3O5S/c1-12(2)35-25(33)19-13(3)28-26-30(21(19)14-5-8-16(34-4)9-6-14)24(32)22(36-26)20-17-11-15(27)7-10-18(17)29-23(20)31/h5-12,21H,1-4H3,(H,29,31)/b22-20-/t21-/m0/s1. The molecule has 184 valence electrons. The summed E-state index contributed by atoms with van der Waals surface area (Å²) in [5, 5.41) is 3.23. The van der Waals surface area contributed by atoms with Crippen LogP contribution in [0.15, 0.2) is 63.5 Å². The molecule has 0 saturated heterocycles. The number of methoxy groups -OCH3 is 1. The third kappa shape index (κ3) is 3.94. The maximum atomic E-state index is 13.9. The van der Waals surface area contributed by atoms with Crippen LogP contribution in [0.25, 0.3) is 5.57 Å². The number of hydrogen-bond donors (Lipinski definition) is 1. The lowest BCUT2D eigenvalue weighted by Crippen LogP contribution is -2.40. The molecule has 0 spiro atoms. The van der Waals surface area contributed by atoms with Crippen LogP contribution in [0.4, 0.5) is 5.69 Å². The van der Waals surface area contributed by atoms with Gasteiger partial charge in [0.1, 0.15) is 10.3 Å². The van der Waals surface area contributed by atoms with E-state index >= 15 is 0 Å². The van der Waals surface area contributed by atoms with Gasteiger partial charge in [-0.05, 0) is 56.7 Å². The largest absolute Gasteiger partial charge is 0.497 e. The van der Waals surface area contributed by atoms with E-state index in [9.17, 15) is 14.4 Å². The third-order valence-electron chi connectivity index (χ3n) is 5.94. The second kappa shape index (κ2) is 9.07. The van der Waals surface area contributed by atoms with Gasteiger partial charge in [-0.25, -0.2) is 9.79 Å². The molecule has 36 heavy (non-hydrogen) atoms. The molecule has 0 unspecified atom stereocenters. The molecule has 2 aliphatic heterocycles. The number of aromatic nitrogens is 1. The van der Waals surface area contributed by atoms with Gasteiger partial charge >= 0.3 is 5.97 Å². The summed E-state index contributed by atoms with van der Waals surface area (Å²) in [5.74, 6) is -0.314. The second-order valence-electron chi connectivity index (χ2n) is 8.65. The van der Waals surface area contributed by atoms with E-state index in [0.717, 1.165) is 11.3 Å². The lowest BCUT2D eigenvalue weighted by atomic mass is 9.95. The van der Waals surface area contributed by atoms with Crippen LogP contribution < -0.4 is 24.9 Å². The summed E-state index contributed by atoms with van der Waals surface area (Å²) < 4.78 is 12.5. The lowest BCUT2D eigenvalue weighted by molar-refractivity contribution is -0.143. The first-order valence-corrected chi connectivity index (χ1v) is 12.4. The number of carbonyl (C=O) groups is 2. The zero-order valence-electron chi connectivity index (χ0n) is 19.9. The van der Waals surface area contributed by atoms with Crippen molar-refractivity contribution in [2.75, 3.05) is 12.4 Å². The highest BCUT2D eigenvalue weighted by atomic mass is 35.5. The first-order chi connectivity index (χ1) is 17.2. The van der Waals surface area contributed by atoms with E-state index < -0.39 is 23.5 Å². The van der Waals surface area contributed by atoms with Gasteiger partial charge in [0.05, 0.1) is 36.1 Å². The number of ether oxygens (including phenoxy) is 2. The SMILES string of the molecule is COc1ccc([C@H]2C(C(=O)OC(C)C)=C(C)N=c3s/c(=C4\C(=O)Nc5ccc(Cl)cc54)c(=O)n32)cc1. The van der Waals surface area contributed by atoms with Gasteiger partial charge in [0.2, 0.25) is 0 Å². The Morgan fingerprint density at radius 2 is 1.89 bits per heavy atom. The highest BCUT2D eigenvalue weighted by Gasteiger charge is 2.35. The monoisotopic (exact) mass is 523 g/mol. The van der Waals surface area contributed by atoms with Crippen molar-refractivity contribution < 1.29 is 19.1 Å². The Hall–Kier alpha value is -3.69. The van der Waals surface area contributed by atoms with Crippen LogP contribution in [0.2, 0.25) is 5.02 Å². The molecule has 8 nitrogen and oxygen atoms in total. The average molecular weight is 524 g/mol. The van der Waals surface area contributed by atoms with Crippen LogP contribution in [-0.4, -0.2) is 29.7 Å². The van der Waals surface area contributed by atoms with Crippen LogP contribution in [0, 0.1) is 0 Å². The summed E-state index contributed by atoms with van der Waals surface area (Å²) >= 11 is 7.29. The molecule has 3 aromatic rings. The van der Waals surface area contributed by atoms with Crippen molar-refractivity contribution >= 4 is 46.1 Å². The van der Waals surface area contributed by atoms with Crippen LogP contribution in [0.1, 0.15) is 37.9 Å². The van der Waals surface area contributed by atoms with Gasteiger partial charge in [0.25, 0.3) is 11.5 Å². The van der Waals surface area contributed by atoms with Crippen molar-refractivity contribution in [3.05, 3.63) is 89.6 Å². The molecule has 0 bridgehead atoms. The fourth-order valence-electron chi connectivity index (χ4n) is 4.38. The number of allylic oxidation sites excluding steroid dienone is 1. The van der Waals surface area contributed by atoms with Gasteiger partial charge in [-0.1, -0.05) is 35.1 Å². The molecular weight excluding hydrogens is 502 g/mol. The van der Waals surface area contributed by atoms with Gasteiger partial charge < -0.3 is 14.8 Å². The van der Waals surface area contributed by atoms with E-state index in [4.69, 9.17) is 21.1 Å². The predicted octanol–water partition coefficient (Wildman–Crippen LogP) is 3.17. The van der Waals surface area contributed by atoms with Gasteiger partial charge in [0, 0.05) is 16.3 Å². The molecule has 0 saturated carbocycles. The van der Waals surface area contributed by atoms with Gasteiger partial charge in [-0.3, -0.25) is 14.2 Å². The zero-order chi connectivity index (χ0) is 25.7. The number of nitrogens with one attached hydrogen (secondary N) is 1. The summed E-state index contributed by atoms with van der Waals surface area (Å²) in [6, 6.07) is 11.3. The van der Waals surface area contributed by atoms with E-state index in [0.29, 0.717) is 38.1 Å². The van der Waals surface area contributed by atoms with Crippen LogP contribution in [-0.2, 0) is 14.3 Å². The maximum absolute atomic E-state index is 13.9. The number of benzene rings is 2. The maximum Gasteiger partial charge on any atom is 0.338 e. The number of amides is 1. The zero-order valence-corrected chi connectivity index (χ0v) is 21.5. The Balaban J connectivity index is 1.80. The summed E-state index contributed by atoms with van der Waals surface area (Å²) in [6.45, 7) is 5.23. The molecule has 3 heterocycles. The number of fused-ring (bicyclic) bond motifs is 2. The van der Waals surface area contributed by atoms with Crippen molar-refractivity contribution in [2.45, 2.75) is 32.9 Å². The van der Waals surface area contributed by atoms with Crippen LogP contribution >= 0.6 is 22.9 Å². The summed E-state index contributed by atoms with van der Waals surface area (Å²) in [7, 11) is 1.56. The number of carbonyl (C=O) groups excluding carboxylic acids is 2. The smallest absolute Gasteiger partial charge is 0.338 e. The molecule has 2 aromatic carbocycles. The first-order valence-electron chi connectivity index (χ1n) is 11.2. The van der Waals surface area contributed by atoms with E-state index in [1.807, 2.05) is 0 Å². The first kappa shape index (κ1) is 24.0. The summed E-state index contributed by atoms with van der Waals surface area (Å²) in [6.07, 6.45) is -0.357. The Bertz CT molecular complexity index is 1630. The molecule has 0 fully saturated rings. The number of halogens is 1. The molecule has 1 N–H and O–H groups in total. The minimum absolute atomic E-state index is 0.219. The Morgan fingerprint density at radius 1 is 1.17 bits per heavy atom. The van der Waals surface area contributed by atoms with Gasteiger partial charge in [-0.15, -0.1) is 0 Å². The quantitative estimate of drug-likeness (QED) is 0.530. The van der Waals surface area contributed by atoms with Gasteiger partial charge in [0.15, 0.2) is 4.80 Å². The van der Waals surface area contributed by atoms with E-state index in [-0.39, 0.29) is 21.8 Å². The van der Waals surface area contributed by atoms with Gasteiger partial charge in [-0.2, -0.15) is 0 Å². The average Bonchev–Trinajstić information content (AvgIpc) is 3.32. The highest BCUT2D eigenvalue weighted by molar-refractivity contribution is 7.07. The molecule has 0 aliphatic carbocycles. The molecular formula is C26H22ClN3O5S. The number of rotatable bonds is 4. The molecule has 1 aromatic heterocycles. The van der Waals surface area contributed by atoms with Crippen LogP contribution in [0.3, 0.4) is 0 Å². The minimum Gasteiger partial charge on any atom is -0.497 e. The molecule has 10 heteroatoms. The lowest BCUT2D eigenvalue weighted by Gasteiger charge is -2.25. The summed E-state index contributed by atoms with van der Waals surface area (Å²) in [5.41, 5.74) is 2.31. The van der Waals surface area contributed by atoms with E-state index in [1.54, 1.807) is 70.3 Å². The molecule has 1 atom stereocenters. The fraction of sp³-hybridized carbons (Fsp3) is 0.231. The second-order valence-corrected chi connectivity index (χ2v) is 10.1. The Labute approximate surface area is 215 Å². The van der Waals surface area contributed by atoms with Crippen molar-refractivity contribution in [3.63, 3.8) is 0 Å². The number of hydrogen-bond acceptors (Lipinski definition) is 7. The van der Waals surface area contributed by atoms with Crippen LogP contribution in [0.5, 0.6) is 5.75 Å². The number of anilines is 1. The van der Waals surface area contributed by atoms with E-state index in [2.05, 4.69) is 10.3 Å². The van der Waals surface area contributed by atoms with Crippen molar-refractivity contribution in [1.29, 1.82) is 0 Å². The van der Waals surface area contributed by atoms with Crippen molar-refractivity contribution in [2.24, 2.45) is 4.99 Å². The minimum atomic E-state index is -0.795. The molecule has 1 amide bonds. The Kier molecular flexibility index (Phi) is 6.05. The number of esters is 1. The van der Waals surface area contributed by atoms with E-state index in [1.165, 1.54) is 4.57 Å². The number of nitrogens with zero attached hydrogens (tertiary/aromatic N) is 2. The fourth-order valence-corrected chi connectivity index (χ4v) is 5.69. The highest BCUT2D eigenvalue weighted by Crippen LogP contribution is 2.34. The Morgan fingerprint density at radius 3 is 2.56 bits per heavy atom. The topological polar surface area (TPSA) is 99.0 Å². The van der Waals surface area contributed by atoms with Crippen molar-refractivity contribution in [1.82, 2.24) is 4.57 Å². The van der Waals surface area contributed by atoms with Crippen molar-refractivity contribution in [3.8, 4) is 5.75 Å². The normalized spacial score (nSPS) is 17.9.